The molecule has 28 heavy (non-hydrogen) atoms. The molecule has 0 aromatic heterocycles. The van der Waals surface area contributed by atoms with Crippen LogP contribution in [0.15, 0.2) is 48.5 Å². The summed E-state index contributed by atoms with van der Waals surface area (Å²) >= 11 is 0. The largest absolute Gasteiger partial charge is 0.455 e. The lowest BCUT2D eigenvalue weighted by Gasteiger charge is -2.22. The molecule has 0 heterocycles. The Balaban J connectivity index is 2.06. The van der Waals surface area contributed by atoms with E-state index in [9.17, 15) is 9.59 Å². The Morgan fingerprint density at radius 1 is 0.929 bits per heavy atom. The highest BCUT2D eigenvalue weighted by Gasteiger charge is 2.27. The molecule has 0 radical (unpaired) electrons. The third kappa shape index (κ3) is 5.44. The van der Waals surface area contributed by atoms with Gasteiger partial charge in [0, 0.05) is 5.69 Å². The van der Waals surface area contributed by atoms with Crippen molar-refractivity contribution in [3.63, 3.8) is 0 Å². The van der Waals surface area contributed by atoms with Crippen LogP contribution in [-0.4, -0.2) is 18.5 Å². The molecule has 4 nitrogen and oxygen atoms in total. The molecule has 2 rings (SSSR count). The fourth-order valence-corrected chi connectivity index (χ4v) is 3.40. The number of nitrogens with one attached hydrogen (secondary N) is 1. The molecule has 0 saturated heterocycles. The molecule has 0 spiro atoms. The Morgan fingerprint density at radius 3 is 2.07 bits per heavy atom. The van der Waals surface area contributed by atoms with Gasteiger partial charge >= 0.3 is 5.97 Å². The zero-order valence-electron chi connectivity index (χ0n) is 17.3. The molecule has 1 N–H and O–H groups in total. The molecule has 0 aliphatic heterocycles. The average Bonchev–Trinajstić information content (AvgIpc) is 2.73. The van der Waals surface area contributed by atoms with Crippen LogP contribution in [0.2, 0.25) is 0 Å². The number of ether oxygens (including phenoxy) is 1. The van der Waals surface area contributed by atoms with Crippen LogP contribution in [0.4, 0.5) is 5.69 Å². The quantitative estimate of drug-likeness (QED) is 0.613. The van der Waals surface area contributed by atoms with E-state index in [1.165, 1.54) is 0 Å². The molecular formula is C24H31NO3. The van der Waals surface area contributed by atoms with Crippen LogP contribution >= 0.6 is 0 Å². The first-order valence-electron chi connectivity index (χ1n) is 10.1. The number of rotatable bonds is 9. The fraction of sp³-hybridized carbons (Fsp3) is 0.417. The second kappa shape index (κ2) is 10.6. The highest BCUT2D eigenvalue weighted by atomic mass is 16.5. The number of carbonyl (C=O) groups is 2. The Labute approximate surface area is 168 Å². The van der Waals surface area contributed by atoms with Crippen LogP contribution in [0.3, 0.4) is 0 Å². The van der Waals surface area contributed by atoms with E-state index in [0.29, 0.717) is 0 Å². The van der Waals surface area contributed by atoms with Gasteiger partial charge in [0.15, 0.2) is 6.61 Å². The van der Waals surface area contributed by atoms with Gasteiger partial charge in [0.2, 0.25) is 0 Å². The third-order valence-corrected chi connectivity index (χ3v) is 5.23. The number of para-hydroxylation sites is 1. The van der Waals surface area contributed by atoms with E-state index in [1.54, 1.807) is 0 Å². The SMILES string of the molecule is CCc1cccc(CC)c1NC(=O)COC(=O)C(c1ccccc1)C(C)CC. The lowest BCUT2D eigenvalue weighted by Crippen LogP contribution is -2.27. The number of anilines is 1. The zero-order valence-corrected chi connectivity index (χ0v) is 17.3. The number of hydrogen-bond donors (Lipinski definition) is 1. The average molecular weight is 382 g/mol. The summed E-state index contributed by atoms with van der Waals surface area (Å²) in [5.41, 5.74) is 3.93. The van der Waals surface area contributed by atoms with Gasteiger partial charge in [0.1, 0.15) is 0 Å². The summed E-state index contributed by atoms with van der Waals surface area (Å²) in [6, 6.07) is 15.6. The standard InChI is InChI=1S/C24H31NO3/c1-5-17(4)22(20-12-9-8-10-13-20)24(27)28-16-21(26)25-23-18(6-2)14-11-15-19(23)7-3/h8-15,17,22H,5-7,16H2,1-4H3,(H,25,26). The molecule has 150 valence electrons. The maximum Gasteiger partial charge on any atom is 0.314 e. The molecule has 2 aromatic carbocycles. The molecule has 0 aliphatic carbocycles. The summed E-state index contributed by atoms with van der Waals surface area (Å²) in [4.78, 5) is 25.2. The molecule has 4 heteroatoms. The van der Waals surface area contributed by atoms with Crippen molar-refractivity contribution >= 4 is 17.6 Å². The van der Waals surface area contributed by atoms with Gasteiger partial charge in [-0.3, -0.25) is 9.59 Å². The van der Waals surface area contributed by atoms with Gasteiger partial charge in [-0.1, -0.05) is 82.6 Å². The Morgan fingerprint density at radius 2 is 1.54 bits per heavy atom. The van der Waals surface area contributed by atoms with Crippen molar-refractivity contribution < 1.29 is 14.3 Å². The molecule has 0 fully saturated rings. The lowest BCUT2D eigenvalue weighted by atomic mass is 9.86. The smallest absolute Gasteiger partial charge is 0.314 e. The molecule has 2 aromatic rings. The molecule has 0 bridgehead atoms. The second-order valence-corrected chi connectivity index (χ2v) is 7.09. The maximum atomic E-state index is 12.7. The van der Waals surface area contributed by atoms with Crippen LogP contribution in [-0.2, 0) is 27.2 Å². The Hall–Kier alpha value is -2.62. The van der Waals surface area contributed by atoms with E-state index < -0.39 is 0 Å². The van der Waals surface area contributed by atoms with E-state index in [4.69, 9.17) is 4.74 Å². The predicted molar refractivity (Wildman–Crippen MR) is 113 cm³/mol. The summed E-state index contributed by atoms with van der Waals surface area (Å²) < 4.78 is 5.41. The first-order chi connectivity index (χ1) is 13.5. The number of amides is 1. The van der Waals surface area contributed by atoms with E-state index in [1.807, 2.05) is 55.5 Å². The normalized spacial score (nSPS) is 12.9. The van der Waals surface area contributed by atoms with E-state index >= 15 is 0 Å². The molecule has 2 atom stereocenters. The van der Waals surface area contributed by atoms with Gasteiger partial charge in [-0.15, -0.1) is 0 Å². The summed E-state index contributed by atoms with van der Waals surface area (Å²) in [5.74, 6) is -0.895. The van der Waals surface area contributed by atoms with E-state index in [-0.39, 0.29) is 30.3 Å². The van der Waals surface area contributed by atoms with Crippen LogP contribution in [0.1, 0.15) is 56.7 Å². The summed E-state index contributed by atoms with van der Waals surface area (Å²) in [5, 5.41) is 2.94. The van der Waals surface area contributed by atoms with E-state index in [0.717, 1.165) is 41.6 Å². The van der Waals surface area contributed by atoms with Gasteiger partial charge < -0.3 is 10.1 Å². The van der Waals surface area contributed by atoms with Gasteiger partial charge in [-0.25, -0.2) is 0 Å². The second-order valence-electron chi connectivity index (χ2n) is 7.09. The van der Waals surface area contributed by atoms with Crippen LogP contribution < -0.4 is 5.32 Å². The van der Waals surface area contributed by atoms with Crippen molar-refractivity contribution in [3.05, 3.63) is 65.2 Å². The Kier molecular flexibility index (Phi) is 8.24. The number of aryl methyl sites for hydroxylation is 2. The summed E-state index contributed by atoms with van der Waals surface area (Å²) in [7, 11) is 0. The minimum atomic E-state index is -0.367. The maximum absolute atomic E-state index is 12.7. The van der Waals surface area contributed by atoms with Crippen molar-refractivity contribution in [1.82, 2.24) is 0 Å². The van der Waals surface area contributed by atoms with Gasteiger partial charge in [0.05, 0.1) is 5.92 Å². The first kappa shape index (κ1) is 21.7. The molecular weight excluding hydrogens is 350 g/mol. The third-order valence-electron chi connectivity index (χ3n) is 5.23. The Bertz CT molecular complexity index is 763. The van der Waals surface area contributed by atoms with Crippen LogP contribution in [0, 0.1) is 5.92 Å². The van der Waals surface area contributed by atoms with Crippen molar-refractivity contribution in [3.8, 4) is 0 Å². The van der Waals surface area contributed by atoms with Crippen molar-refractivity contribution in [1.29, 1.82) is 0 Å². The highest BCUT2D eigenvalue weighted by molar-refractivity contribution is 5.94. The monoisotopic (exact) mass is 381 g/mol. The number of benzene rings is 2. The minimum absolute atomic E-state index is 0.130. The molecule has 0 saturated carbocycles. The van der Waals surface area contributed by atoms with Crippen molar-refractivity contribution in [2.75, 3.05) is 11.9 Å². The van der Waals surface area contributed by atoms with Gasteiger partial charge in [-0.05, 0) is 35.4 Å². The number of carbonyl (C=O) groups excluding carboxylic acids is 2. The molecule has 2 unspecified atom stereocenters. The van der Waals surface area contributed by atoms with Crippen LogP contribution in [0.5, 0.6) is 0 Å². The van der Waals surface area contributed by atoms with Gasteiger partial charge in [-0.2, -0.15) is 0 Å². The van der Waals surface area contributed by atoms with Crippen LogP contribution in [0.25, 0.3) is 0 Å². The van der Waals surface area contributed by atoms with E-state index in [2.05, 4.69) is 26.1 Å². The molecule has 0 aliphatic rings. The summed E-state index contributed by atoms with van der Waals surface area (Å²) in [6.45, 7) is 7.92. The van der Waals surface area contributed by atoms with Crippen molar-refractivity contribution in [2.45, 2.75) is 52.9 Å². The molecule has 1 amide bonds. The lowest BCUT2D eigenvalue weighted by molar-refractivity contribution is -0.150. The topological polar surface area (TPSA) is 55.4 Å². The minimum Gasteiger partial charge on any atom is -0.455 e. The highest BCUT2D eigenvalue weighted by Crippen LogP contribution is 2.28. The summed E-state index contributed by atoms with van der Waals surface area (Å²) in [6.07, 6.45) is 2.51. The number of hydrogen-bond acceptors (Lipinski definition) is 3. The predicted octanol–water partition coefficient (Wildman–Crippen LogP) is 5.12. The van der Waals surface area contributed by atoms with Crippen molar-refractivity contribution in [2.24, 2.45) is 5.92 Å². The zero-order chi connectivity index (χ0) is 20.5. The first-order valence-corrected chi connectivity index (χ1v) is 10.1. The number of esters is 1. The fourth-order valence-electron chi connectivity index (χ4n) is 3.40. The van der Waals surface area contributed by atoms with Gasteiger partial charge in [0.25, 0.3) is 5.91 Å².